The van der Waals surface area contributed by atoms with Crippen LogP contribution in [0.4, 0.5) is 0 Å². The van der Waals surface area contributed by atoms with E-state index in [1.165, 1.54) is 22.3 Å². The van der Waals surface area contributed by atoms with Crippen molar-refractivity contribution in [2.75, 3.05) is 0 Å². The van der Waals surface area contributed by atoms with Crippen LogP contribution in [0, 0.1) is 5.92 Å². The van der Waals surface area contributed by atoms with E-state index < -0.39 is 0 Å². The van der Waals surface area contributed by atoms with Gasteiger partial charge < -0.3 is 14.2 Å². The number of furan rings is 2. The highest BCUT2D eigenvalue weighted by atomic mass is 16.3. The Morgan fingerprint density at radius 1 is 0.615 bits per heavy atom. The van der Waals surface area contributed by atoms with Crippen LogP contribution in [0.3, 0.4) is 0 Å². The van der Waals surface area contributed by atoms with Crippen LogP contribution in [0.15, 0.2) is 171 Å². The van der Waals surface area contributed by atoms with Crippen LogP contribution >= 0.6 is 0 Å². The average Bonchev–Trinajstić information content (AvgIpc) is 3.79. The molecular weight excluding hydrogens is 639 g/mol. The van der Waals surface area contributed by atoms with Crippen molar-refractivity contribution < 1.29 is 8.83 Å². The Kier molecular flexibility index (Phi) is 6.37. The Balaban J connectivity index is 1.14. The number of rotatable bonds is 4. The molecule has 11 rings (SSSR count). The van der Waals surface area contributed by atoms with E-state index in [2.05, 4.69) is 115 Å². The van der Waals surface area contributed by atoms with Crippen molar-refractivity contribution in [3.63, 3.8) is 0 Å². The fraction of sp³-hybridized carbons (Fsp3) is 0.0638. The Morgan fingerprint density at radius 3 is 2.15 bits per heavy atom. The number of allylic oxidation sites excluding steroid dienone is 5. The first-order valence-electron chi connectivity index (χ1n) is 17.8. The van der Waals surface area contributed by atoms with E-state index >= 15 is 0 Å². The van der Waals surface area contributed by atoms with Gasteiger partial charge in [0.15, 0.2) is 5.84 Å². The first-order chi connectivity index (χ1) is 25.7. The van der Waals surface area contributed by atoms with Gasteiger partial charge in [0.05, 0.1) is 0 Å². The van der Waals surface area contributed by atoms with Crippen molar-refractivity contribution in [2.45, 2.75) is 12.6 Å². The van der Waals surface area contributed by atoms with Gasteiger partial charge >= 0.3 is 0 Å². The van der Waals surface area contributed by atoms with Crippen LogP contribution in [0.25, 0.3) is 61.1 Å². The molecule has 246 valence electrons. The van der Waals surface area contributed by atoms with Crippen molar-refractivity contribution in [1.29, 1.82) is 0 Å². The van der Waals surface area contributed by atoms with Crippen molar-refractivity contribution in [3.8, 4) is 0 Å². The van der Waals surface area contributed by atoms with Gasteiger partial charge in [0.1, 0.15) is 34.3 Å². The zero-order chi connectivity index (χ0) is 34.2. The maximum absolute atomic E-state index is 6.61. The maximum Gasteiger partial charge on any atom is 0.160 e. The standard InChI is InChI=1S/C47H31N3O2/c1-2-12-30(13-3-1)45-48-46(36-17-10-20-41-43(36)34-15-6-8-18-39(34)51-41)50-47(49-45)38-26-32(27-42-44(38)35-16-7-9-19-40(35)52-42)31-24-23-29-22-21-28-11-4-5-14-33(28)37(29)25-31/h1-22,24-27,29,45H,23H2,(H,48,49,50). The van der Waals surface area contributed by atoms with Crippen LogP contribution < -0.4 is 5.32 Å². The monoisotopic (exact) mass is 669 g/mol. The molecule has 0 fully saturated rings. The van der Waals surface area contributed by atoms with E-state index in [9.17, 15) is 0 Å². The van der Waals surface area contributed by atoms with E-state index in [0.717, 1.165) is 78.4 Å². The lowest BCUT2D eigenvalue weighted by Crippen LogP contribution is -2.33. The summed E-state index contributed by atoms with van der Waals surface area (Å²) in [7, 11) is 0. The molecule has 2 unspecified atom stereocenters. The molecule has 0 radical (unpaired) electrons. The zero-order valence-electron chi connectivity index (χ0n) is 28.1. The third-order valence-electron chi connectivity index (χ3n) is 10.7. The van der Waals surface area contributed by atoms with Gasteiger partial charge in [-0.15, -0.1) is 0 Å². The second-order valence-electron chi connectivity index (χ2n) is 13.7. The summed E-state index contributed by atoms with van der Waals surface area (Å²) in [5, 5.41) is 7.88. The summed E-state index contributed by atoms with van der Waals surface area (Å²) in [6, 6.07) is 46.1. The number of nitrogens with one attached hydrogen (secondary N) is 1. The topological polar surface area (TPSA) is 63.0 Å². The van der Waals surface area contributed by atoms with E-state index in [-0.39, 0.29) is 6.17 Å². The predicted molar refractivity (Wildman–Crippen MR) is 212 cm³/mol. The van der Waals surface area contributed by atoms with Gasteiger partial charge in [-0.3, -0.25) is 0 Å². The van der Waals surface area contributed by atoms with Gasteiger partial charge in [-0.2, -0.15) is 0 Å². The first kappa shape index (κ1) is 29.1. The summed E-state index contributed by atoms with van der Waals surface area (Å²) in [5.41, 5.74) is 12.5. The summed E-state index contributed by atoms with van der Waals surface area (Å²) in [6.45, 7) is 0. The Labute approximate surface area is 299 Å². The number of amidine groups is 2. The smallest absolute Gasteiger partial charge is 0.160 e. The molecule has 0 saturated carbocycles. The number of para-hydroxylation sites is 2. The molecule has 0 amide bonds. The molecule has 1 aliphatic heterocycles. The Morgan fingerprint density at radius 2 is 1.31 bits per heavy atom. The summed E-state index contributed by atoms with van der Waals surface area (Å²) >= 11 is 0. The minimum absolute atomic E-state index is 0.365. The number of hydrogen-bond donors (Lipinski definition) is 1. The van der Waals surface area contributed by atoms with Gasteiger partial charge in [0, 0.05) is 38.6 Å². The lowest BCUT2D eigenvalue weighted by molar-refractivity contribution is 0.667. The predicted octanol–water partition coefficient (Wildman–Crippen LogP) is 11.5. The van der Waals surface area contributed by atoms with Gasteiger partial charge in [-0.1, -0.05) is 127 Å². The number of fused-ring (bicyclic) bond motifs is 9. The molecule has 2 atom stereocenters. The molecule has 5 nitrogen and oxygen atoms in total. The number of aliphatic imine (C=N–C) groups is 2. The van der Waals surface area contributed by atoms with Crippen molar-refractivity contribution >= 4 is 72.8 Å². The highest BCUT2D eigenvalue weighted by molar-refractivity contribution is 6.25. The third-order valence-corrected chi connectivity index (χ3v) is 10.7. The fourth-order valence-electron chi connectivity index (χ4n) is 8.18. The summed E-state index contributed by atoms with van der Waals surface area (Å²) in [5.74, 6) is 1.76. The fourth-order valence-corrected chi connectivity index (χ4v) is 8.18. The maximum atomic E-state index is 6.61. The van der Waals surface area contributed by atoms with E-state index in [0.29, 0.717) is 11.8 Å². The molecule has 0 bridgehead atoms. The van der Waals surface area contributed by atoms with Crippen LogP contribution in [0.1, 0.15) is 46.0 Å². The quantitative estimate of drug-likeness (QED) is 0.203. The van der Waals surface area contributed by atoms with Crippen LogP contribution in [-0.2, 0) is 0 Å². The van der Waals surface area contributed by atoms with Gasteiger partial charge in [0.2, 0.25) is 0 Å². The minimum atomic E-state index is -0.365. The zero-order valence-corrected chi connectivity index (χ0v) is 28.1. The summed E-state index contributed by atoms with van der Waals surface area (Å²) < 4.78 is 12.9. The second-order valence-corrected chi connectivity index (χ2v) is 13.7. The van der Waals surface area contributed by atoms with E-state index in [1.54, 1.807) is 0 Å². The molecule has 0 spiro atoms. The first-order valence-corrected chi connectivity index (χ1v) is 17.8. The summed E-state index contributed by atoms with van der Waals surface area (Å²) in [6.07, 6.45) is 9.90. The molecule has 0 saturated heterocycles. The molecule has 3 aliphatic rings. The molecule has 2 aliphatic carbocycles. The summed E-state index contributed by atoms with van der Waals surface area (Å²) in [4.78, 5) is 10.6. The average molecular weight is 670 g/mol. The molecule has 6 aromatic carbocycles. The molecule has 8 aromatic rings. The van der Waals surface area contributed by atoms with Gasteiger partial charge in [-0.25, -0.2) is 9.98 Å². The van der Waals surface area contributed by atoms with Crippen LogP contribution in [0.2, 0.25) is 0 Å². The highest BCUT2D eigenvalue weighted by Crippen LogP contribution is 2.43. The normalized spacial score (nSPS) is 18.1. The third kappa shape index (κ3) is 4.56. The van der Waals surface area contributed by atoms with E-state index in [4.69, 9.17) is 18.8 Å². The van der Waals surface area contributed by atoms with Gasteiger partial charge in [-0.05, 0) is 70.2 Å². The van der Waals surface area contributed by atoms with Gasteiger partial charge in [0.25, 0.3) is 0 Å². The molecule has 52 heavy (non-hydrogen) atoms. The molecule has 3 heterocycles. The van der Waals surface area contributed by atoms with Crippen LogP contribution in [0.5, 0.6) is 0 Å². The highest BCUT2D eigenvalue weighted by Gasteiger charge is 2.28. The molecule has 1 N–H and O–H groups in total. The molecule has 5 heteroatoms. The Bertz CT molecular complexity index is 2920. The molecular formula is C47H31N3O2. The molecule has 2 aromatic heterocycles. The largest absolute Gasteiger partial charge is 0.456 e. The Hall–Kier alpha value is -6.72. The van der Waals surface area contributed by atoms with Crippen molar-refractivity contribution in [3.05, 3.63) is 185 Å². The van der Waals surface area contributed by atoms with Crippen molar-refractivity contribution in [1.82, 2.24) is 5.32 Å². The minimum Gasteiger partial charge on any atom is -0.456 e. The lowest BCUT2D eigenvalue weighted by atomic mass is 9.78. The number of hydrogen-bond acceptors (Lipinski definition) is 5. The number of nitrogens with zero attached hydrogens (tertiary/aromatic N) is 2. The van der Waals surface area contributed by atoms with Crippen LogP contribution in [-0.4, -0.2) is 11.7 Å². The second kappa shape index (κ2) is 11.4. The van der Waals surface area contributed by atoms with E-state index in [1.807, 2.05) is 48.5 Å². The lowest BCUT2D eigenvalue weighted by Gasteiger charge is -2.27. The number of benzene rings is 6. The SMILES string of the molecule is C1=CC2CC=C(c3cc(C4=NC(c5cccc6oc7ccccc7c56)=NC(c5ccccc5)N4)c4c(c3)oc3ccccc34)C=C2c2ccccc21. The van der Waals surface area contributed by atoms with Crippen molar-refractivity contribution in [2.24, 2.45) is 15.9 Å².